The van der Waals surface area contributed by atoms with Crippen molar-refractivity contribution in [1.29, 1.82) is 0 Å². The third-order valence-electron chi connectivity index (χ3n) is 3.16. The van der Waals surface area contributed by atoms with Gasteiger partial charge in [-0.1, -0.05) is 25.4 Å². The summed E-state index contributed by atoms with van der Waals surface area (Å²) in [5.74, 6) is 0. The second-order valence-corrected chi connectivity index (χ2v) is 5.27. The van der Waals surface area contributed by atoms with Gasteiger partial charge in [0.15, 0.2) is 0 Å². The zero-order chi connectivity index (χ0) is 11.2. The van der Waals surface area contributed by atoms with Crippen LogP contribution in [-0.4, -0.2) is 13.6 Å². The molecule has 0 spiro atoms. The van der Waals surface area contributed by atoms with Crippen LogP contribution in [0.4, 0.5) is 5.69 Å². The van der Waals surface area contributed by atoms with E-state index in [9.17, 15) is 0 Å². The van der Waals surface area contributed by atoms with Crippen molar-refractivity contribution in [2.45, 2.75) is 25.8 Å². The van der Waals surface area contributed by atoms with Crippen molar-refractivity contribution in [2.24, 2.45) is 5.73 Å². The van der Waals surface area contributed by atoms with Crippen molar-refractivity contribution in [1.82, 2.24) is 0 Å². The van der Waals surface area contributed by atoms with Gasteiger partial charge < -0.3 is 10.6 Å². The number of hydrogen-bond acceptors (Lipinski definition) is 2. The Morgan fingerprint density at radius 2 is 2.13 bits per heavy atom. The van der Waals surface area contributed by atoms with Gasteiger partial charge in [-0.05, 0) is 23.3 Å². The van der Waals surface area contributed by atoms with Gasteiger partial charge in [0.05, 0.1) is 0 Å². The third kappa shape index (κ3) is 1.52. The van der Waals surface area contributed by atoms with Crippen LogP contribution in [0.25, 0.3) is 0 Å². The summed E-state index contributed by atoms with van der Waals surface area (Å²) in [5, 5.41) is 0.791. The summed E-state index contributed by atoms with van der Waals surface area (Å²) in [6, 6.07) is 4.03. The largest absolute Gasteiger partial charge is 0.373 e. The lowest BCUT2D eigenvalue weighted by molar-refractivity contribution is 0.558. The van der Waals surface area contributed by atoms with Gasteiger partial charge in [0.25, 0.3) is 0 Å². The maximum atomic E-state index is 6.18. The molecule has 0 bridgehead atoms. The van der Waals surface area contributed by atoms with Gasteiger partial charge in [-0.15, -0.1) is 0 Å². The molecule has 0 fully saturated rings. The molecule has 0 saturated carbocycles. The third-order valence-corrected chi connectivity index (χ3v) is 3.51. The normalized spacial score (nSPS) is 18.1. The maximum absolute atomic E-state index is 6.18. The summed E-state index contributed by atoms with van der Waals surface area (Å²) in [5.41, 5.74) is 9.62. The minimum Gasteiger partial charge on any atom is -0.373 e. The van der Waals surface area contributed by atoms with Crippen molar-refractivity contribution in [3.8, 4) is 0 Å². The van der Waals surface area contributed by atoms with Crippen molar-refractivity contribution in [3.05, 3.63) is 28.3 Å². The lowest BCUT2D eigenvalue weighted by atomic mass is 9.84. The van der Waals surface area contributed by atoms with E-state index in [1.165, 1.54) is 11.3 Å². The molecule has 0 radical (unpaired) electrons. The topological polar surface area (TPSA) is 29.3 Å². The molecule has 1 aromatic carbocycles. The van der Waals surface area contributed by atoms with Crippen LogP contribution >= 0.6 is 11.6 Å². The van der Waals surface area contributed by atoms with Crippen molar-refractivity contribution in [3.63, 3.8) is 0 Å². The van der Waals surface area contributed by atoms with Gasteiger partial charge >= 0.3 is 0 Å². The number of likely N-dealkylation sites (N-methyl/N-ethyl adjacent to an activating group) is 1. The quantitative estimate of drug-likeness (QED) is 0.795. The minimum atomic E-state index is 0.143. The Bertz CT molecular complexity index is 399. The van der Waals surface area contributed by atoms with E-state index < -0.39 is 0 Å². The molecular formula is C12H17ClN2. The SMILES string of the molecule is CN1CC(C)(C)c2c1ccc(Cl)c2CN. The maximum Gasteiger partial charge on any atom is 0.0455 e. The number of nitrogens with two attached hydrogens (primary N) is 1. The Kier molecular flexibility index (Phi) is 2.44. The number of hydrogen-bond donors (Lipinski definition) is 1. The van der Waals surface area contributed by atoms with Crippen LogP contribution in [0, 0.1) is 0 Å². The van der Waals surface area contributed by atoms with Gasteiger partial charge in [0, 0.05) is 36.3 Å². The smallest absolute Gasteiger partial charge is 0.0455 e. The molecule has 3 heteroatoms. The number of benzene rings is 1. The fraction of sp³-hybridized carbons (Fsp3) is 0.500. The first-order chi connectivity index (χ1) is 6.97. The molecule has 2 N–H and O–H groups in total. The molecule has 0 atom stereocenters. The second-order valence-electron chi connectivity index (χ2n) is 4.86. The van der Waals surface area contributed by atoms with Crippen LogP contribution in [0.3, 0.4) is 0 Å². The molecule has 15 heavy (non-hydrogen) atoms. The van der Waals surface area contributed by atoms with Gasteiger partial charge in [-0.25, -0.2) is 0 Å². The van der Waals surface area contributed by atoms with E-state index in [-0.39, 0.29) is 5.41 Å². The van der Waals surface area contributed by atoms with Gasteiger partial charge in [0.2, 0.25) is 0 Å². The highest BCUT2D eigenvalue weighted by Gasteiger charge is 2.35. The molecule has 0 aromatic heterocycles. The summed E-state index contributed by atoms with van der Waals surface area (Å²) in [7, 11) is 2.11. The van der Waals surface area contributed by atoms with E-state index in [1.807, 2.05) is 6.07 Å². The summed E-state index contributed by atoms with van der Waals surface area (Å²) in [6.45, 7) is 6.02. The predicted octanol–water partition coefficient (Wildman–Crippen LogP) is 2.53. The van der Waals surface area contributed by atoms with Crippen LogP contribution in [-0.2, 0) is 12.0 Å². The van der Waals surface area contributed by atoms with E-state index in [0.717, 1.165) is 17.1 Å². The van der Waals surface area contributed by atoms with Crippen LogP contribution in [0.5, 0.6) is 0 Å². The molecule has 2 nitrogen and oxygen atoms in total. The van der Waals surface area contributed by atoms with Gasteiger partial charge in [-0.3, -0.25) is 0 Å². The van der Waals surface area contributed by atoms with E-state index in [4.69, 9.17) is 17.3 Å². The zero-order valence-corrected chi connectivity index (χ0v) is 10.2. The molecule has 82 valence electrons. The van der Waals surface area contributed by atoms with Crippen molar-refractivity contribution >= 4 is 17.3 Å². The van der Waals surface area contributed by atoms with Crippen molar-refractivity contribution in [2.75, 3.05) is 18.5 Å². The zero-order valence-electron chi connectivity index (χ0n) is 9.47. The van der Waals surface area contributed by atoms with Crippen molar-refractivity contribution < 1.29 is 0 Å². The molecule has 0 saturated heterocycles. The predicted molar refractivity (Wildman–Crippen MR) is 65.6 cm³/mol. The van der Waals surface area contributed by atoms with Gasteiger partial charge in [-0.2, -0.15) is 0 Å². The Morgan fingerprint density at radius 1 is 1.47 bits per heavy atom. The van der Waals surface area contributed by atoms with Crippen LogP contribution in [0.2, 0.25) is 5.02 Å². The number of nitrogens with zero attached hydrogens (tertiary/aromatic N) is 1. The average molecular weight is 225 g/mol. The summed E-state index contributed by atoms with van der Waals surface area (Å²) >= 11 is 6.18. The Morgan fingerprint density at radius 3 is 2.73 bits per heavy atom. The Balaban J connectivity index is 2.70. The molecule has 2 rings (SSSR count). The van der Waals surface area contributed by atoms with E-state index >= 15 is 0 Å². The fourth-order valence-corrected chi connectivity index (χ4v) is 2.87. The Labute approximate surface area is 96.0 Å². The molecule has 1 heterocycles. The summed E-state index contributed by atoms with van der Waals surface area (Å²) in [6.07, 6.45) is 0. The average Bonchev–Trinajstić information content (AvgIpc) is 2.37. The van der Waals surface area contributed by atoms with Crippen LogP contribution < -0.4 is 10.6 Å². The minimum absolute atomic E-state index is 0.143. The highest BCUT2D eigenvalue weighted by Crippen LogP contribution is 2.43. The molecule has 1 aliphatic rings. The van der Waals surface area contributed by atoms with Gasteiger partial charge in [0.1, 0.15) is 0 Å². The molecule has 1 aromatic rings. The first-order valence-corrected chi connectivity index (χ1v) is 5.58. The fourth-order valence-electron chi connectivity index (χ4n) is 2.64. The lowest BCUT2D eigenvalue weighted by Gasteiger charge is -2.21. The standard InChI is InChI=1S/C12H17ClN2/c1-12(2)7-15(3)10-5-4-9(13)8(6-14)11(10)12/h4-5H,6-7,14H2,1-3H3. The Hall–Kier alpha value is -0.730. The highest BCUT2D eigenvalue weighted by atomic mass is 35.5. The van der Waals surface area contributed by atoms with E-state index in [0.29, 0.717) is 6.54 Å². The molecule has 0 aliphatic carbocycles. The number of fused-ring (bicyclic) bond motifs is 1. The summed E-state index contributed by atoms with van der Waals surface area (Å²) in [4.78, 5) is 2.27. The van der Waals surface area contributed by atoms with Crippen LogP contribution in [0.1, 0.15) is 25.0 Å². The monoisotopic (exact) mass is 224 g/mol. The number of halogens is 1. The lowest BCUT2D eigenvalue weighted by Crippen LogP contribution is -2.25. The number of anilines is 1. The molecular weight excluding hydrogens is 208 g/mol. The first-order valence-electron chi connectivity index (χ1n) is 5.20. The van der Waals surface area contributed by atoms with Crippen LogP contribution in [0.15, 0.2) is 12.1 Å². The van der Waals surface area contributed by atoms with E-state index in [1.54, 1.807) is 0 Å². The number of rotatable bonds is 1. The molecule has 1 aliphatic heterocycles. The second kappa shape index (κ2) is 3.39. The highest BCUT2D eigenvalue weighted by molar-refractivity contribution is 6.31. The summed E-state index contributed by atoms with van der Waals surface area (Å²) < 4.78 is 0. The molecule has 0 unspecified atom stereocenters. The van der Waals surface area contributed by atoms with E-state index in [2.05, 4.69) is 31.9 Å². The first kappa shape index (κ1) is 10.8. The molecule has 0 amide bonds.